The number of hydrogen-bond acceptors (Lipinski definition) is 2. The molecule has 3 heteroatoms. The van der Waals surface area contributed by atoms with E-state index in [0.717, 1.165) is 50.1 Å². The Morgan fingerprint density at radius 3 is 1.75 bits per heavy atom. The Morgan fingerprint density at radius 1 is 0.344 bits per heavy atom. The molecule has 14 rings (SSSR count). The highest BCUT2D eigenvalue weighted by Crippen LogP contribution is 2.61. The third-order valence-electron chi connectivity index (χ3n) is 14.0. The molecule has 1 aliphatic carbocycles. The summed E-state index contributed by atoms with van der Waals surface area (Å²) in [7, 11) is 0. The summed E-state index contributed by atoms with van der Waals surface area (Å²) in [6.07, 6.45) is 0. The second-order valence-electron chi connectivity index (χ2n) is 17.2. The van der Waals surface area contributed by atoms with Crippen molar-refractivity contribution in [1.82, 2.24) is 4.57 Å². The molecule has 10 aromatic carbocycles. The molecule has 0 radical (unpaired) electrons. The topological polar surface area (TPSA) is 21.3 Å². The fraction of sp³-hybridized carbons (Fsp3) is 0.0164. The lowest BCUT2D eigenvalue weighted by atomic mass is 9.65. The molecule has 0 fully saturated rings. The van der Waals surface area contributed by atoms with Crippen molar-refractivity contribution in [2.75, 3.05) is 4.90 Å². The number of aromatic nitrogens is 1. The van der Waals surface area contributed by atoms with Crippen LogP contribution in [0, 0.1) is 0 Å². The first-order valence-electron chi connectivity index (χ1n) is 22.1. The van der Waals surface area contributed by atoms with Crippen molar-refractivity contribution in [3.8, 4) is 39.1 Å². The number of fused-ring (bicyclic) bond motifs is 15. The first-order chi connectivity index (χ1) is 31.7. The van der Waals surface area contributed by atoms with Crippen LogP contribution in [0.2, 0.25) is 0 Å². The maximum absolute atomic E-state index is 6.17. The van der Waals surface area contributed by atoms with Crippen LogP contribution in [0.1, 0.15) is 22.3 Å². The maximum atomic E-state index is 6.17. The van der Waals surface area contributed by atoms with Crippen molar-refractivity contribution >= 4 is 60.8 Å². The molecule has 0 N–H and O–H groups in total. The van der Waals surface area contributed by atoms with Crippen molar-refractivity contribution < 1.29 is 4.42 Å². The van der Waals surface area contributed by atoms with Crippen molar-refractivity contribution in [3.05, 3.63) is 253 Å². The van der Waals surface area contributed by atoms with E-state index in [1.807, 2.05) is 12.1 Å². The summed E-state index contributed by atoms with van der Waals surface area (Å²) >= 11 is 0. The Bertz CT molecular complexity index is 3840. The Balaban J connectivity index is 0.960. The van der Waals surface area contributed by atoms with Crippen LogP contribution in [0.3, 0.4) is 0 Å². The number of nitrogens with zero attached hydrogens (tertiary/aromatic N) is 2. The highest BCUT2D eigenvalue weighted by molar-refractivity contribution is 6.13. The molecule has 1 atom stereocenters. The van der Waals surface area contributed by atoms with Crippen LogP contribution in [0.5, 0.6) is 0 Å². The number of hydrogen-bond donors (Lipinski definition) is 0. The minimum atomic E-state index is -0.504. The monoisotopic (exact) mass is 814 g/mol. The number of benzene rings is 10. The molecular formula is C61H38N2O. The average molecular weight is 815 g/mol. The smallest absolute Gasteiger partial charge is 0.135 e. The van der Waals surface area contributed by atoms with Gasteiger partial charge in [0.25, 0.3) is 0 Å². The van der Waals surface area contributed by atoms with Gasteiger partial charge in [0, 0.05) is 38.6 Å². The first-order valence-corrected chi connectivity index (χ1v) is 22.1. The molecular weight excluding hydrogens is 777 g/mol. The molecule has 1 aliphatic heterocycles. The minimum Gasteiger partial charge on any atom is -0.456 e. The highest BCUT2D eigenvalue weighted by atomic mass is 16.3. The fourth-order valence-corrected chi connectivity index (χ4v) is 11.3. The molecule has 3 heterocycles. The van der Waals surface area contributed by atoms with Crippen LogP contribution in [-0.2, 0) is 5.41 Å². The largest absolute Gasteiger partial charge is 0.456 e. The van der Waals surface area contributed by atoms with E-state index in [2.05, 4.69) is 228 Å². The van der Waals surface area contributed by atoms with Crippen LogP contribution in [0.4, 0.5) is 17.1 Å². The van der Waals surface area contributed by atoms with Gasteiger partial charge in [0.15, 0.2) is 0 Å². The van der Waals surface area contributed by atoms with Gasteiger partial charge in [0.05, 0.1) is 22.1 Å². The Labute approximate surface area is 370 Å². The van der Waals surface area contributed by atoms with E-state index in [4.69, 9.17) is 4.42 Å². The van der Waals surface area contributed by atoms with Gasteiger partial charge in [-0.05, 0) is 122 Å². The summed E-state index contributed by atoms with van der Waals surface area (Å²) in [5, 5.41) is 4.84. The summed E-state index contributed by atoms with van der Waals surface area (Å²) in [4.78, 5) is 2.41. The number of anilines is 3. The zero-order valence-corrected chi connectivity index (χ0v) is 34.7. The molecule has 64 heavy (non-hydrogen) atoms. The van der Waals surface area contributed by atoms with Gasteiger partial charge in [0.2, 0.25) is 0 Å². The molecule has 3 nitrogen and oxygen atoms in total. The molecule has 0 saturated carbocycles. The summed E-state index contributed by atoms with van der Waals surface area (Å²) in [6, 6.07) is 84.6. The Kier molecular flexibility index (Phi) is 7.32. The van der Waals surface area contributed by atoms with E-state index < -0.39 is 5.41 Å². The lowest BCUT2D eigenvalue weighted by molar-refractivity contribution is 0.669. The number of rotatable bonds is 5. The van der Waals surface area contributed by atoms with Crippen LogP contribution in [0.15, 0.2) is 235 Å². The molecule has 0 saturated heterocycles. The summed E-state index contributed by atoms with van der Waals surface area (Å²) in [6.45, 7) is 0. The van der Waals surface area contributed by atoms with Crippen LogP contribution < -0.4 is 4.90 Å². The van der Waals surface area contributed by atoms with Gasteiger partial charge >= 0.3 is 0 Å². The van der Waals surface area contributed by atoms with Gasteiger partial charge in [-0.1, -0.05) is 164 Å². The second kappa shape index (κ2) is 13.3. The predicted octanol–water partition coefficient (Wildman–Crippen LogP) is 16.2. The van der Waals surface area contributed by atoms with Crippen molar-refractivity contribution in [3.63, 3.8) is 0 Å². The van der Waals surface area contributed by atoms with Crippen LogP contribution >= 0.6 is 0 Å². The van der Waals surface area contributed by atoms with E-state index >= 15 is 0 Å². The first kappa shape index (κ1) is 35.2. The molecule has 2 aromatic heterocycles. The number of para-hydroxylation sites is 4. The predicted molar refractivity (Wildman–Crippen MR) is 264 cm³/mol. The Hall–Kier alpha value is -8.40. The SMILES string of the molecule is c1ccc(-c2ccc(N(c3ccc(-c4ccc5oc6ccccc6c5c4)cc3)c3ccc4c(c3)-c3ccccc3C43c4ccccc4-n4c5ccccc5c5cccc3c54)cc2)cc1. The minimum absolute atomic E-state index is 0.504. The molecule has 1 unspecified atom stereocenters. The zero-order valence-electron chi connectivity index (χ0n) is 34.7. The quantitative estimate of drug-likeness (QED) is 0.173. The van der Waals surface area contributed by atoms with Crippen molar-refractivity contribution in [1.29, 1.82) is 0 Å². The third-order valence-corrected chi connectivity index (χ3v) is 14.0. The van der Waals surface area contributed by atoms with E-state index in [9.17, 15) is 0 Å². The normalized spacial score (nSPS) is 14.6. The second-order valence-corrected chi connectivity index (χ2v) is 17.2. The van der Waals surface area contributed by atoms with Crippen LogP contribution in [-0.4, -0.2) is 4.57 Å². The molecule has 12 aromatic rings. The average Bonchev–Trinajstić information content (AvgIpc) is 4.01. The van der Waals surface area contributed by atoms with Gasteiger partial charge in [-0.2, -0.15) is 0 Å². The Morgan fingerprint density at radius 2 is 0.922 bits per heavy atom. The van der Waals surface area contributed by atoms with Crippen LogP contribution in [0.25, 0.3) is 82.8 Å². The molecule has 1 spiro atoms. The van der Waals surface area contributed by atoms with E-state index in [1.165, 1.54) is 72.0 Å². The molecule has 298 valence electrons. The maximum Gasteiger partial charge on any atom is 0.135 e. The van der Waals surface area contributed by atoms with Crippen molar-refractivity contribution in [2.24, 2.45) is 0 Å². The summed E-state index contributed by atoms with van der Waals surface area (Å²) in [5.41, 5.74) is 20.9. The standard InChI is InChI=1S/C61H38N2O/c1-2-13-39(14-3-1)40-25-30-43(31-26-40)62(44-32-27-41(28-33-44)42-29-36-59-51(37-42)48-17-6-11-24-58(48)64-59)45-34-35-53-50(38-45)46-15-4-7-19-52(46)61(53)54-20-8-10-23-57(54)63-56-22-9-5-16-47(56)49-18-12-21-55(61)60(49)63/h1-38H. The van der Waals surface area contributed by atoms with Gasteiger partial charge in [-0.25, -0.2) is 0 Å². The van der Waals surface area contributed by atoms with E-state index in [-0.39, 0.29) is 0 Å². The lowest BCUT2D eigenvalue weighted by Gasteiger charge is -2.39. The lowest BCUT2D eigenvalue weighted by Crippen LogP contribution is -2.33. The summed E-state index contributed by atoms with van der Waals surface area (Å²) < 4.78 is 8.68. The highest BCUT2D eigenvalue weighted by Gasteiger charge is 2.50. The van der Waals surface area contributed by atoms with Crippen molar-refractivity contribution in [2.45, 2.75) is 5.41 Å². The van der Waals surface area contributed by atoms with Gasteiger partial charge in [-0.3, -0.25) is 0 Å². The van der Waals surface area contributed by atoms with Gasteiger partial charge in [0.1, 0.15) is 11.2 Å². The van der Waals surface area contributed by atoms with Gasteiger partial charge in [-0.15, -0.1) is 0 Å². The zero-order chi connectivity index (χ0) is 41.9. The van der Waals surface area contributed by atoms with Gasteiger partial charge < -0.3 is 13.9 Å². The molecule has 0 bridgehead atoms. The third kappa shape index (κ3) is 4.81. The van der Waals surface area contributed by atoms with E-state index in [0.29, 0.717) is 0 Å². The number of furan rings is 1. The van der Waals surface area contributed by atoms with E-state index in [1.54, 1.807) is 0 Å². The molecule has 2 aliphatic rings. The summed E-state index contributed by atoms with van der Waals surface area (Å²) in [5.74, 6) is 0. The fourth-order valence-electron chi connectivity index (χ4n) is 11.3. The molecule has 0 amide bonds.